The summed E-state index contributed by atoms with van der Waals surface area (Å²) in [6.45, 7) is 1.48. The highest BCUT2D eigenvalue weighted by atomic mass is 32.2. The third-order valence-electron chi connectivity index (χ3n) is 7.74. The molecule has 3 aromatic carbocycles. The van der Waals surface area contributed by atoms with Gasteiger partial charge in [0.1, 0.15) is 11.4 Å². The Morgan fingerprint density at radius 3 is 2.25 bits per heavy atom. The lowest BCUT2D eigenvalue weighted by atomic mass is 9.83. The summed E-state index contributed by atoms with van der Waals surface area (Å²) in [6, 6.07) is 27.0. The molecule has 8 nitrogen and oxygen atoms in total. The Hall–Kier alpha value is -4.37. The van der Waals surface area contributed by atoms with Crippen LogP contribution in [0.4, 0.5) is 5.69 Å². The van der Waals surface area contributed by atoms with E-state index in [2.05, 4.69) is 4.72 Å². The summed E-state index contributed by atoms with van der Waals surface area (Å²) < 4.78 is 35.1. The van der Waals surface area contributed by atoms with Gasteiger partial charge >= 0.3 is 0 Å². The fourth-order valence-corrected chi connectivity index (χ4v) is 6.82. The number of carbonyl (C=O) groups excluding carboxylic acids is 1. The number of amides is 1. The maximum Gasteiger partial charge on any atom is 0.275 e. The van der Waals surface area contributed by atoms with Crippen molar-refractivity contribution < 1.29 is 17.9 Å². The molecule has 2 atom stereocenters. The number of fused-ring (bicyclic) bond motifs is 4. The zero-order chi connectivity index (χ0) is 27.9. The second kappa shape index (κ2) is 10.3. The molecule has 0 aliphatic carbocycles. The number of rotatable bonds is 6. The van der Waals surface area contributed by atoms with Gasteiger partial charge in [-0.05, 0) is 72.0 Å². The van der Waals surface area contributed by atoms with Crippen molar-refractivity contribution in [3.05, 3.63) is 113 Å². The number of piperidine rings is 1. The number of aromatic nitrogens is 1. The molecule has 0 saturated carbocycles. The van der Waals surface area contributed by atoms with E-state index in [1.54, 1.807) is 22.8 Å². The van der Waals surface area contributed by atoms with Crippen LogP contribution in [0.3, 0.4) is 0 Å². The van der Waals surface area contributed by atoms with Gasteiger partial charge in [0.2, 0.25) is 0 Å². The lowest BCUT2D eigenvalue weighted by Gasteiger charge is -2.43. The van der Waals surface area contributed by atoms with Crippen molar-refractivity contribution in [3.63, 3.8) is 0 Å². The second-order valence-electron chi connectivity index (χ2n) is 10.3. The van der Waals surface area contributed by atoms with Gasteiger partial charge in [-0.15, -0.1) is 0 Å². The molecule has 2 aliphatic heterocycles. The van der Waals surface area contributed by atoms with E-state index >= 15 is 0 Å². The van der Waals surface area contributed by atoms with E-state index in [0.29, 0.717) is 30.9 Å². The molecule has 1 saturated heterocycles. The number of sulfonamides is 1. The van der Waals surface area contributed by atoms with E-state index in [4.69, 9.17) is 4.74 Å². The van der Waals surface area contributed by atoms with Crippen LogP contribution < -0.4 is 15.0 Å². The first-order valence-electron chi connectivity index (χ1n) is 13.2. The first-order chi connectivity index (χ1) is 19.3. The van der Waals surface area contributed by atoms with Crippen LogP contribution in [0.15, 0.2) is 101 Å². The molecule has 204 valence electrons. The standard InChI is InChI=1S/C31H29N3O5S/c1-39-26-11-13-27(14-12-26)40(37,38)32-28-15-16-29-25-17-21(19-34(29)31(28)36)18-33(20-25)30(35)24-9-7-23(8-10-24)22-5-3-2-4-6-22/h2-16,21,25,32H,17-20H2,1H3/t21-,25+/m0/s1. The van der Waals surface area contributed by atoms with E-state index in [9.17, 15) is 18.0 Å². The predicted octanol–water partition coefficient (Wildman–Crippen LogP) is 4.58. The number of benzene rings is 3. The molecule has 2 aliphatic rings. The maximum absolute atomic E-state index is 13.4. The number of nitrogens with zero attached hydrogens (tertiary/aromatic N) is 2. The largest absolute Gasteiger partial charge is 0.497 e. The summed E-state index contributed by atoms with van der Waals surface area (Å²) in [5, 5.41) is 0. The summed E-state index contributed by atoms with van der Waals surface area (Å²) in [5.41, 5.74) is 3.25. The molecule has 3 heterocycles. The van der Waals surface area contributed by atoms with Gasteiger partial charge in [-0.2, -0.15) is 0 Å². The highest BCUT2D eigenvalue weighted by Gasteiger charge is 2.37. The SMILES string of the molecule is COc1ccc(S(=O)(=O)Nc2ccc3n(c2=O)C[C@H]2C[C@@H]3CN(C(=O)c3ccc(-c4ccccc4)cc3)C2)cc1. The fraction of sp³-hybridized carbons (Fsp3) is 0.226. The molecule has 1 amide bonds. The van der Waals surface area contributed by atoms with Gasteiger partial charge in [-0.1, -0.05) is 42.5 Å². The Balaban J connectivity index is 1.20. The van der Waals surface area contributed by atoms with Gasteiger partial charge in [0.05, 0.1) is 12.0 Å². The number of likely N-dealkylation sites (tertiary alicyclic amines) is 1. The average molecular weight is 556 g/mol. The lowest BCUT2D eigenvalue weighted by Crippen LogP contribution is -2.49. The van der Waals surface area contributed by atoms with E-state index in [0.717, 1.165) is 23.2 Å². The van der Waals surface area contributed by atoms with E-state index < -0.39 is 10.0 Å². The topological polar surface area (TPSA) is 97.7 Å². The molecule has 0 unspecified atom stereocenters. The van der Waals surface area contributed by atoms with Crippen molar-refractivity contribution >= 4 is 21.6 Å². The summed E-state index contributed by atoms with van der Waals surface area (Å²) >= 11 is 0. The molecular weight excluding hydrogens is 526 g/mol. The minimum Gasteiger partial charge on any atom is -0.497 e. The lowest BCUT2D eigenvalue weighted by molar-refractivity contribution is 0.0594. The van der Waals surface area contributed by atoms with E-state index in [1.807, 2.05) is 59.5 Å². The molecule has 1 N–H and O–H groups in total. The zero-order valence-electron chi connectivity index (χ0n) is 22.0. The predicted molar refractivity (Wildman–Crippen MR) is 153 cm³/mol. The molecule has 40 heavy (non-hydrogen) atoms. The van der Waals surface area contributed by atoms with Gasteiger partial charge in [-0.25, -0.2) is 8.42 Å². The smallest absolute Gasteiger partial charge is 0.275 e. The van der Waals surface area contributed by atoms with Crippen molar-refractivity contribution in [2.75, 3.05) is 24.9 Å². The van der Waals surface area contributed by atoms with Crippen LogP contribution in [0, 0.1) is 5.92 Å². The van der Waals surface area contributed by atoms with E-state index in [-0.39, 0.29) is 33.9 Å². The normalized spacial score (nSPS) is 18.1. The molecule has 0 spiro atoms. The van der Waals surface area contributed by atoms with Crippen LogP contribution in [-0.4, -0.2) is 44.0 Å². The van der Waals surface area contributed by atoms with Crippen LogP contribution in [0.1, 0.15) is 28.4 Å². The third kappa shape index (κ3) is 4.88. The molecule has 0 radical (unpaired) electrons. The summed E-state index contributed by atoms with van der Waals surface area (Å²) in [7, 11) is -2.45. The Bertz CT molecular complexity index is 1720. The Morgan fingerprint density at radius 1 is 0.850 bits per heavy atom. The molecular formula is C31H29N3O5S. The Kier molecular flexibility index (Phi) is 6.67. The number of pyridine rings is 1. The summed E-state index contributed by atoms with van der Waals surface area (Å²) in [5.74, 6) is 0.620. The van der Waals surface area contributed by atoms with Crippen LogP contribution in [0.2, 0.25) is 0 Å². The van der Waals surface area contributed by atoms with Gasteiger partial charge in [0, 0.05) is 36.8 Å². The first-order valence-corrected chi connectivity index (χ1v) is 14.7. The third-order valence-corrected chi connectivity index (χ3v) is 9.13. The van der Waals surface area contributed by atoms with Crippen LogP contribution >= 0.6 is 0 Å². The minimum atomic E-state index is -3.95. The second-order valence-corrected chi connectivity index (χ2v) is 12.0. The molecule has 4 aromatic rings. The Labute approximate surface area is 232 Å². The highest BCUT2D eigenvalue weighted by Crippen LogP contribution is 2.36. The van der Waals surface area contributed by atoms with Gasteiger partial charge in [-0.3, -0.25) is 14.3 Å². The zero-order valence-corrected chi connectivity index (χ0v) is 22.8. The fourth-order valence-electron chi connectivity index (χ4n) is 5.77. The number of nitrogens with one attached hydrogen (secondary N) is 1. The van der Waals surface area contributed by atoms with Crippen molar-refractivity contribution in [2.45, 2.75) is 23.8 Å². The van der Waals surface area contributed by atoms with Crippen molar-refractivity contribution in [3.8, 4) is 16.9 Å². The molecule has 9 heteroatoms. The molecule has 2 bridgehead atoms. The van der Waals surface area contributed by atoms with Crippen molar-refractivity contribution in [2.24, 2.45) is 5.92 Å². The number of hydrogen-bond donors (Lipinski definition) is 1. The number of anilines is 1. The van der Waals surface area contributed by atoms with Crippen LogP contribution in [0.25, 0.3) is 11.1 Å². The molecule has 1 fully saturated rings. The maximum atomic E-state index is 13.4. The van der Waals surface area contributed by atoms with Crippen molar-refractivity contribution in [1.82, 2.24) is 9.47 Å². The number of hydrogen-bond acceptors (Lipinski definition) is 5. The molecule has 1 aromatic heterocycles. The highest BCUT2D eigenvalue weighted by molar-refractivity contribution is 7.92. The molecule has 6 rings (SSSR count). The first kappa shape index (κ1) is 25.9. The minimum absolute atomic E-state index is 0.0000118. The van der Waals surface area contributed by atoms with Gasteiger partial charge in [0.25, 0.3) is 21.5 Å². The Morgan fingerprint density at radius 2 is 1.55 bits per heavy atom. The van der Waals surface area contributed by atoms with Crippen molar-refractivity contribution in [1.29, 1.82) is 0 Å². The van der Waals surface area contributed by atoms with Crippen LogP contribution in [0.5, 0.6) is 5.75 Å². The summed E-state index contributed by atoms with van der Waals surface area (Å²) in [4.78, 5) is 28.7. The van der Waals surface area contributed by atoms with E-state index in [1.165, 1.54) is 25.3 Å². The van der Waals surface area contributed by atoms with Crippen LogP contribution in [-0.2, 0) is 16.6 Å². The monoisotopic (exact) mass is 555 g/mol. The average Bonchev–Trinajstić information content (AvgIpc) is 2.99. The number of methoxy groups -OCH3 is 1. The number of ether oxygens (including phenoxy) is 1. The van der Waals surface area contributed by atoms with Gasteiger partial charge in [0.15, 0.2) is 0 Å². The van der Waals surface area contributed by atoms with Gasteiger partial charge < -0.3 is 14.2 Å². The summed E-state index contributed by atoms with van der Waals surface area (Å²) in [6.07, 6.45) is 0.882. The number of carbonyl (C=O) groups is 1. The quantitative estimate of drug-likeness (QED) is 0.376.